The van der Waals surface area contributed by atoms with Gasteiger partial charge in [-0.1, -0.05) is 0 Å². The Hall–Kier alpha value is 1.53. The van der Waals surface area contributed by atoms with Gasteiger partial charge < -0.3 is 0 Å². The Bertz CT molecular complexity index is 8.00. The Kier molecular flexibility index (Phi) is 3.81. The molecule has 0 aliphatic rings. The van der Waals surface area contributed by atoms with Crippen LogP contribution in [-0.4, -0.2) is 0 Å². The van der Waals surface area contributed by atoms with Crippen LogP contribution in [0.15, 0.2) is 0 Å². The average molecular weight is 213 g/mol. The molecule has 0 aromatic carbocycles. The molecule has 0 aromatic rings. The fraction of sp³-hybridized carbons (Fsp3) is 0. The number of hydrogen-bond acceptors (Lipinski definition) is 0. The topological polar surface area (TPSA) is 0 Å². The second-order valence-electron chi connectivity index (χ2n) is 0.136. The molecule has 0 unspecified atom stereocenters. The maximum atomic E-state index is 4.92. The minimum atomic E-state index is -1.57. The van der Waals surface area contributed by atoms with E-state index >= 15 is 0 Å². The van der Waals surface area contributed by atoms with Gasteiger partial charge in [0.1, 0.15) is 0 Å². The number of hydrogen-bond donors (Lipinski definition) is 0. The molecule has 0 saturated heterocycles. The first-order chi connectivity index (χ1) is 1.73. The first-order valence-electron chi connectivity index (χ1n) is 0.359. The van der Waals surface area contributed by atoms with E-state index in [4.69, 9.17) is 28.6 Å². The molecule has 0 atom stereocenters. The summed E-state index contributed by atoms with van der Waals surface area (Å²) < 4.78 is 0. The van der Waals surface area contributed by atoms with Gasteiger partial charge in [0.05, 0.1) is 0 Å². The Morgan fingerprint density at radius 2 is 1.00 bits per heavy atom. The molecule has 0 bridgehead atoms. The fourth-order valence-electron chi connectivity index (χ4n) is 0. The quantitative estimate of drug-likeness (QED) is 0.540. The van der Waals surface area contributed by atoms with Gasteiger partial charge in [-0.05, 0) is 0 Å². The third-order valence-electron chi connectivity index (χ3n) is 0. The summed E-state index contributed by atoms with van der Waals surface area (Å²) in [5, 5.41) is 0. The van der Waals surface area contributed by atoms with Crippen molar-refractivity contribution in [3.8, 4) is 0 Å². The summed E-state index contributed by atoms with van der Waals surface area (Å²) in [7, 11) is 14.8. The van der Waals surface area contributed by atoms with E-state index in [0.717, 1.165) is 0 Å². The van der Waals surface area contributed by atoms with Crippen LogP contribution in [0.25, 0.3) is 0 Å². The zero-order valence-electron chi connectivity index (χ0n) is 1.45. The van der Waals surface area contributed by atoms with E-state index in [2.05, 4.69) is 0 Å². The van der Waals surface area contributed by atoms with Gasteiger partial charge in [-0.15, -0.1) is 0 Å². The van der Waals surface area contributed by atoms with E-state index < -0.39 is 13.7 Å². The Morgan fingerprint density at radius 1 is 1.00 bits per heavy atom. The zero-order valence-corrected chi connectivity index (χ0v) is 5.27. The maximum absolute atomic E-state index is 4.92. The van der Waals surface area contributed by atoms with Crippen molar-refractivity contribution >= 4 is 28.6 Å². The van der Waals surface area contributed by atoms with Crippen molar-refractivity contribution in [2.45, 2.75) is 0 Å². The van der Waals surface area contributed by atoms with Crippen molar-refractivity contribution in [3.63, 3.8) is 0 Å². The fourth-order valence-corrected chi connectivity index (χ4v) is 0. The molecule has 0 nitrogen and oxygen atoms in total. The summed E-state index contributed by atoms with van der Waals surface area (Å²) in [5.41, 5.74) is 0. The van der Waals surface area contributed by atoms with Crippen LogP contribution in [0.1, 0.15) is 0 Å². The molecular formula is Cl3Pd. The summed E-state index contributed by atoms with van der Waals surface area (Å²) in [6.07, 6.45) is 0. The summed E-state index contributed by atoms with van der Waals surface area (Å²) in [5.74, 6) is 0. The summed E-state index contributed by atoms with van der Waals surface area (Å²) in [4.78, 5) is 0. The normalized spacial score (nSPS) is 11.2. The molecule has 4 heavy (non-hydrogen) atoms. The molecule has 0 aliphatic heterocycles. The van der Waals surface area contributed by atoms with Crippen molar-refractivity contribution in [2.24, 2.45) is 0 Å². The Morgan fingerprint density at radius 3 is 1.00 bits per heavy atom. The van der Waals surface area contributed by atoms with E-state index in [0.29, 0.717) is 0 Å². The molecule has 0 rings (SSSR count). The minimum absolute atomic E-state index is 1.57. The molecule has 0 fully saturated rings. The molecule has 0 aliphatic carbocycles. The third kappa shape index (κ3) is 9.65. The monoisotopic (exact) mass is 211 g/mol. The van der Waals surface area contributed by atoms with Gasteiger partial charge in [0.15, 0.2) is 0 Å². The molecule has 0 aromatic heterocycles. The van der Waals surface area contributed by atoms with Crippen molar-refractivity contribution in [3.05, 3.63) is 0 Å². The Labute approximate surface area is 42.2 Å². The van der Waals surface area contributed by atoms with E-state index in [1.54, 1.807) is 0 Å². The molecule has 31 valence electrons. The molecule has 0 N–H and O–H groups in total. The van der Waals surface area contributed by atoms with Gasteiger partial charge in [-0.2, -0.15) is 0 Å². The van der Waals surface area contributed by atoms with Crippen LogP contribution in [0.5, 0.6) is 0 Å². The number of rotatable bonds is 0. The van der Waals surface area contributed by atoms with Gasteiger partial charge >= 0.3 is 42.3 Å². The molecule has 4 heteroatoms. The van der Waals surface area contributed by atoms with E-state index in [-0.39, 0.29) is 0 Å². The van der Waals surface area contributed by atoms with Crippen molar-refractivity contribution in [1.82, 2.24) is 0 Å². The van der Waals surface area contributed by atoms with E-state index in [9.17, 15) is 0 Å². The standard InChI is InChI=1S/3ClH.Pd/h3*1H;/q;;;+3/p-3. The second-order valence-corrected chi connectivity index (χ2v) is 7.22. The zero-order chi connectivity index (χ0) is 3.58. The van der Waals surface area contributed by atoms with Gasteiger partial charge in [-0.25, -0.2) is 0 Å². The average Bonchev–Trinajstić information content (AvgIpc) is 0.811. The van der Waals surface area contributed by atoms with Gasteiger partial charge in [0.2, 0.25) is 0 Å². The van der Waals surface area contributed by atoms with Crippen LogP contribution in [0.4, 0.5) is 0 Å². The Balaban J connectivity index is 2.32. The van der Waals surface area contributed by atoms with E-state index in [1.165, 1.54) is 0 Å². The van der Waals surface area contributed by atoms with Crippen LogP contribution in [0.3, 0.4) is 0 Å². The van der Waals surface area contributed by atoms with Gasteiger partial charge in [0, 0.05) is 0 Å². The molecule has 0 saturated carbocycles. The first-order valence-corrected chi connectivity index (χ1v) is 6.36. The summed E-state index contributed by atoms with van der Waals surface area (Å²) >= 11 is -1.57. The molecule has 0 amide bonds. The van der Waals surface area contributed by atoms with Gasteiger partial charge in [0.25, 0.3) is 0 Å². The summed E-state index contributed by atoms with van der Waals surface area (Å²) in [6.45, 7) is 0. The molecular weight excluding hydrogens is 213 g/mol. The predicted molar refractivity (Wildman–Crippen MR) is 17.6 cm³/mol. The third-order valence-corrected chi connectivity index (χ3v) is 0. The van der Waals surface area contributed by atoms with Crippen molar-refractivity contribution < 1.29 is 13.7 Å². The van der Waals surface area contributed by atoms with Crippen LogP contribution < -0.4 is 0 Å². The van der Waals surface area contributed by atoms with Crippen LogP contribution >= 0.6 is 28.6 Å². The SMILES string of the molecule is [Cl][Pd]([Cl])[Cl]. The molecule has 0 spiro atoms. The van der Waals surface area contributed by atoms with Crippen molar-refractivity contribution in [1.29, 1.82) is 0 Å². The molecule has 0 heterocycles. The summed E-state index contributed by atoms with van der Waals surface area (Å²) in [6, 6.07) is 0. The predicted octanol–water partition coefficient (Wildman–Crippen LogP) is 2.07. The van der Waals surface area contributed by atoms with E-state index in [1.807, 2.05) is 0 Å². The molecule has 0 radical (unpaired) electrons. The van der Waals surface area contributed by atoms with Crippen molar-refractivity contribution in [2.75, 3.05) is 0 Å². The van der Waals surface area contributed by atoms with Crippen LogP contribution in [0, 0.1) is 0 Å². The second kappa shape index (κ2) is 2.75. The first kappa shape index (κ1) is 5.53. The van der Waals surface area contributed by atoms with Crippen LogP contribution in [0.2, 0.25) is 0 Å². The van der Waals surface area contributed by atoms with Gasteiger partial charge in [-0.3, -0.25) is 0 Å². The number of halogens is 3. The van der Waals surface area contributed by atoms with Crippen LogP contribution in [-0.2, 0) is 13.7 Å².